The molecule has 13 heavy (non-hydrogen) atoms. The highest BCUT2D eigenvalue weighted by Crippen LogP contribution is 2.25. The van der Waals surface area contributed by atoms with Crippen LogP contribution < -0.4 is 0 Å². The molecule has 0 fully saturated rings. The standard InChI is InChI=1S/C11H11NO/c1-3-8-5-4-6-9-10(8)7-12(2)11(9)13/h3-6H,1,7H2,2H3. The number of carbonyl (C=O) groups is 1. The number of hydrogen-bond donors (Lipinski definition) is 0. The SMILES string of the molecule is C=Cc1cccc2c1CN(C)C2=O. The molecule has 0 aromatic heterocycles. The molecule has 0 N–H and O–H groups in total. The van der Waals surface area contributed by atoms with Gasteiger partial charge < -0.3 is 4.90 Å². The predicted molar refractivity (Wildman–Crippen MR) is 52.3 cm³/mol. The van der Waals surface area contributed by atoms with Crippen LogP contribution in [0.15, 0.2) is 24.8 Å². The van der Waals surface area contributed by atoms with Crippen LogP contribution in [-0.2, 0) is 6.54 Å². The van der Waals surface area contributed by atoms with Crippen LogP contribution in [0.1, 0.15) is 21.5 Å². The molecule has 2 heteroatoms. The molecule has 0 unspecified atom stereocenters. The number of nitrogens with zero attached hydrogens (tertiary/aromatic N) is 1. The van der Waals surface area contributed by atoms with Gasteiger partial charge in [0.25, 0.3) is 5.91 Å². The second-order valence-corrected chi connectivity index (χ2v) is 3.24. The van der Waals surface area contributed by atoms with E-state index in [-0.39, 0.29) is 5.91 Å². The summed E-state index contributed by atoms with van der Waals surface area (Å²) in [6, 6.07) is 5.75. The van der Waals surface area contributed by atoms with Crippen LogP contribution >= 0.6 is 0 Å². The lowest BCUT2D eigenvalue weighted by molar-refractivity contribution is 0.0816. The summed E-state index contributed by atoms with van der Waals surface area (Å²) in [6.07, 6.45) is 1.80. The third-order valence-corrected chi connectivity index (χ3v) is 2.40. The van der Waals surface area contributed by atoms with E-state index in [1.165, 1.54) is 0 Å². The lowest BCUT2D eigenvalue weighted by Crippen LogP contribution is -2.17. The predicted octanol–water partition coefficient (Wildman–Crippen LogP) is 1.92. The summed E-state index contributed by atoms with van der Waals surface area (Å²) >= 11 is 0. The smallest absolute Gasteiger partial charge is 0.254 e. The van der Waals surface area contributed by atoms with Gasteiger partial charge in [0.2, 0.25) is 0 Å². The summed E-state index contributed by atoms with van der Waals surface area (Å²) < 4.78 is 0. The quantitative estimate of drug-likeness (QED) is 0.635. The summed E-state index contributed by atoms with van der Waals surface area (Å²) in [5.74, 6) is 0.110. The Kier molecular flexibility index (Phi) is 1.69. The summed E-state index contributed by atoms with van der Waals surface area (Å²) in [5, 5.41) is 0. The topological polar surface area (TPSA) is 20.3 Å². The van der Waals surface area contributed by atoms with Gasteiger partial charge in [-0.1, -0.05) is 24.8 Å². The Morgan fingerprint density at radius 1 is 1.54 bits per heavy atom. The maximum Gasteiger partial charge on any atom is 0.254 e. The second kappa shape index (κ2) is 2.73. The van der Waals surface area contributed by atoms with Gasteiger partial charge in [-0.25, -0.2) is 0 Å². The Hall–Kier alpha value is -1.57. The van der Waals surface area contributed by atoms with Gasteiger partial charge in [-0.2, -0.15) is 0 Å². The van der Waals surface area contributed by atoms with E-state index in [2.05, 4.69) is 6.58 Å². The van der Waals surface area contributed by atoms with Crippen molar-refractivity contribution in [3.05, 3.63) is 41.5 Å². The number of rotatable bonds is 1. The fourth-order valence-electron chi connectivity index (χ4n) is 1.69. The van der Waals surface area contributed by atoms with Crippen LogP contribution in [0.25, 0.3) is 6.08 Å². The number of amides is 1. The van der Waals surface area contributed by atoms with E-state index in [1.54, 1.807) is 11.0 Å². The first kappa shape index (κ1) is 8.05. The zero-order chi connectivity index (χ0) is 9.42. The number of fused-ring (bicyclic) bond motifs is 1. The van der Waals surface area contributed by atoms with Crippen molar-refractivity contribution in [1.29, 1.82) is 0 Å². The van der Waals surface area contributed by atoms with Crippen molar-refractivity contribution >= 4 is 12.0 Å². The monoisotopic (exact) mass is 173 g/mol. The third kappa shape index (κ3) is 1.06. The van der Waals surface area contributed by atoms with Crippen LogP contribution in [0.3, 0.4) is 0 Å². The van der Waals surface area contributed by atoms with Crippen molar-refractivity contribution in [2.24, 2.45) is 0 Å². The molecule has 1 heterocycles. The molecule has 2 rings (SSSR count). The summed E-state index contributed by atoms with van der Waals surface area (Å²) in [5.41, 5.74) is 2.99. The van der Waals surface area contributed by atoms with E-state index in [4.69, 9.17) is 0 Å². The summed E-state index contributed by atoms with van der Waals surface area (Å²) in [6.45, 7) is 4.43. The van der Waals surface area contributed by atoms with Crippen LogP contribution in [-0.4, -0.2) is 17.9 Å². The highest BCUT2D eigenvalue weighted by Gasteiger charge is 2.25. The van der Waals surface area contributed by atoms with E-state index in [0.29, 0.717) is 6.54 Å². The van der Waals surface area contributed by atoms with Gasteiger partial charge in [0.1, 0.15) is 0 Å². The van der Waals surface area contributed by atoms with Gasteiger partial charge in [0.05, 0.1) is 0 Å². The molecule has 0 radical (unpaired) electrons. The zero-order valence-corrected chi connectivity index (χ0v) is 7.58. The number of benzene rings is 1. The first-order chi connectivity index (χ1) is 6.24. The Morgan fingerprint density at radius 2 is 2.31 bits per heavy atom. The van der Waals surface area contributed by atoms with E-state index >= 15 is 0 Å². The lowest BCUT2D eigenvalue weighted by atomic mass is 10.0. The first-order valence-electron chi connectivity index (χ1n) is 4.24. The van der Waals surface area contributed by atoms with Crippen molar-refractivity contribution < 1.29 is 4.79 Å². The minimum absolute atomic E-state index is 0.110. The molecule has 2 nitrogen and oxygen atoms in total. The second-order valence-electron chi connectivity index (χ2n) is 3.24. The van der Waals surface area contributed by atoms with Crippen LogP contribution in [0.5, 0.6) is 0 Å². The van der Waals surface area contributed by atoms with Crippen LogP contribution in [0.4, 0.5) is 0 Å². The molecule has 1 aromatic carbocycles. The van der Waals surface area contributed by atoms with E-state index < -0.39 is 0 Å². The molecule has 1 aromatic rings. The molecule has 1 amide bonds. The van der Waals surface area contributed by atoms with E-state index in [9.17, 15) is 4.79 Å². The molecule has 0 saturated heterocycles. The highest BCUT2D eigenvalue weighted by molar-refractivity contribution is 5.99. The molecule has 1 aliphatic heterocycles. The van der Waals surface area contributed by atoms with Crippen LogP contribution in [0, 0.1) is 0 Å². The van der Waals surface area contributed by atoms with Crippen molar-refractivity contribution in [3.63, 3.8) is 0 Å². The largest absolute Gasteiger partial charge is 0.337 e. The van der Waals surface area contributed by atoms with Gasteiger partial charge in [0.15, 0.2) is 0 Å². The lowest BCUT2D eigenvalue weighted by Gasteiger charge is -2.05. The van der Waals surface area contributed by atoms with E-state index in [0.717, 1.165) is 16.7 Å². The zero-order valence-electron chi connectivity index (χ0n) is 7.58. The van der Waals surface area contributed by atoms with Crippen molar-refractivity contribution in [3.8, 4) is 0 Å². The van der Waals surface area contributed by atoms with Gasteiger partial charge in [-0.05, 0) is 17.2 Å². The Labute approximate surface area is 77.5 Å². The average molecular weight is 173 g/mol. The van der Waals surface area contributed by atoms with Gasteiger partial charge in [-0.3, -0.25) is 4.79 Å². The maximum atomic E-state index is 11.6. The molecule has 66 valence electrons. The van der Waals surface area contributed by atoms with Gasteiger partial charge in [0, 0.05) is 19.2 Å². The number of carbonyl (C=O) groups excluding carboxylic acids is 1. The molecular weight excluding hydrogens is 162 g/mol. The molecule has 0 bridgehead atoms. The minimum atomic E-state index is 0.110. The van der Waals surface area contributed by atoms with Gasteiger partial charge in [-0.15, -0.1) is 0 Å². The molecule has 1 aliphatic rings. The molecule has 0 aliphatic carbocycles. The minimum Gasteiger partial charge on any atom is -0.337 e. The molecule has 0 saturated carbocycles. The van der Waals surface area contributed by atoms with E-state index in [1.807, 2.05) is 25.2 Å². The summed E-state index contributed by atoms with van der Waals surface area (Å²) in [7, 11) is 1.81. The maximum absolute atomic E-state index is 11.6. The van der Waals surface area contributed by atoms with Gasteiger partial charge >= 0.3 is 0 Å². The third-order valence-electron chi connectivity index (χ3n) is 2.40. The Balaban J connectivity index is 2.62. The fraction of sp³-hybridized carbons (Fsp3) is 0.182. The number of hydrogen-bond acceptors (Lipinski definition) is 1. The fourth-order valence-corrected chi connectivity index (χ4v) is 1.69. The normalized spacial score (nSPS) is 14.5. The van der Waals surface area contributed by atoms with Crippen molar-refractivity contribution in [2.45, 2.75) is 6.54 Å². The Bertz CT molecular complexity index is 382. The first-order valence-corrected chi connectivity index (χ1v) is 4.24. The molecule has 0 atom stereocenters. The Morgan fingerprint density at radius 3 is 3.00 bits per heavy atom. The molecule has 0 spiro atoms. The summed E-state index contributed by atoms with van der Waals surface area (Å²) in [4.78, 5) is 13.3. The highest BCUT2D eigenvalue weighted by atomic mass is 16.2. The van der Waals surface area contributed by atoms with Crippen molar-refractivity contribution in [2.75, 3.05) is 7.05 Å². The van der Waals surface area contributed by atoms with Crippen molar-refractivity contribution in [1.82, 2.24) is 4.90 Å². The van der Waals surface area contributed by atoms with Crippen LogP contribution in [0.2, 0.25) is 0 Å². The molecular formula is C11H11NO. The average Bonchev–Trinajstić information content (AvgIpc) is 2.43.